The number of tetrazole rings is 1. The van der Waals surface area contributed by atoms with Crippen LogP contribution in [0.5, 0.6) is 0 Å². The molecule has 0 aromatic carbocycles. The maximum absolute atomic E-state index is 4.08. The van der Waals surface area contributed by atoms with Gasteiger partial charge in [0.25, 0.3) is 0 Å². The van der Waals surface area contributed by atoms with Gasteiger partial charge in [0.2, 0.25) is 0 Å². The van der Waals surface area contributed by atoms with E-state index in [9.17, 15) is 0 Å². The van der Waals surface area contributed by atoms with Gasteiger partial charge in [-0.15, -0.1) is 5.10 Å². The maximum atomic E-state index is 4.08. The summed E-state index contributed by atoms with van der Waals surface area (Å²) in [7, 11) is 1.93. The van der Waals surface area contributed by atoms with Gasteiger partial charge in [0.1, 0.15) is 0 Å². The molecule has 0 saturated carbocycles. The summed E-state index contributed by atoms with van der Waals surface area (Å²) in [6, 6.07) is 0.212. The number of nitrogens with zero attached hydrogens (tertiary/aromatic N) is 4. The number of rotatable bonds is 4. The van der Waals surface area contributed by atoms with E-state index < -0.39 is 0 Å². The summed E-state index contributed by atoms with van der Waals surface area (Å²) in [5, 5.41) is 15.8. The van der Waals surface area contributed by atoms with Crippen LogP contribution in [0.3, 0.4) is 0 Å². The predicted octanol–water partition coefficient (Wildman–Crippen LogP) is 1.24. The second-order valence-electron chi connectivity index (χ2n) is 4.22. The molecule has 0 aliphatic carbocycles. The van der Waals surface area contributed by atoms with E-state index in [4.69, 9.17) is 0 Å². The average molecular weight is 241 g/mol. The van der Waals surface area contributed by atoms with Crippen LogP contribution in [0.1, 0.15) is 38.1 Å². The average Bonchev–Trinajstić information content (AvgIpc) is 2.77. The maximum Gasteiger partial charge on any atom is 0.167 e. The first-order valence-corrected chi connectivity index (χ1v) is 6.91. The minimum atomic E-state index is 0.212. The Labute approximate surface area is 100 Å². The number of hydrogen-bond donors (Lipinski definition) is 1. The summed E-state index contributed by atoms with van der Waals surface area (Å²) >= 11 is 2.05. The third kappa shape index (κ3) is 2.74. The Balaban J connectivity index is 2.00. The SMILES string of the molecule is CNC(C)c1nnnn1CC1CCCCS1. The minimum absolute atomic E-state index is 0.212. The van der Waals surface area contributed by atoms with Crippen LogP contribution < -0.4 is 5.32 Å². The van der Waals surface area contributed by atoms with Crippen molar-refractivity contribution in [1.29, 1.82) is 0 Å². The van der Waals surface area contributed by atoms with Crippen LogP contribution in [0.15, 0.2) is 0 Å². The zero-order valence-corrected chi connectivity index (χ0v) is 10.7. The van der Waals surface area contributed by atoms with E-state index in [2.05, 4.69) is 39.5 Å². The standard InChI is InChI=1S/C10H19N5S/c1-8(11-2)10-12-13-14-15(10)7-9-5-3-4-6-16-9/h8-9,11H,3-7H2,1-2H3. The molecule has 1 saturated heterocycles. The lowest BCUT2D eigenvalue weighted by Crippen LogP contribution is -2.23. The molecule has 0 amide bonds. The summed E-state index contributed by atoms with van der Waals surface area (Å²) in [5.74, 6) is 2.22. The van der Waals surface area contributed by atoms with Gasteiger partial charge in [0, 0.05) is 5.25 Å². The smallest absolute Gasteiger partial charge is 0.167 e. The molecular weight excluding hydrogens is 222 g/mol. The molecule has 1 N–H and O–H groups in total. The topological polar surface area (TPSA) is 55.6 Å². The van der Waals surface area contributed by atoms with E-state index in [0.29, 0.717) is 5.25 Å². The summed E-state index contributed by atoms with van der Waals surface area (Å²) in [6.45, 7) is 3.02. The van der Waals surface area contributed by atoms with Crippen LogP contribution in [0, 0.1) is 0 Å². The second-order valence-corrected chi connectivity index (χ2v) is 5.63. The Morgan fingerprint density at radius 1 is 1.56 bits per heavy atom. The third-order valence-corrected chi connectivity index (χ3v) is 4.41. The van der Waals surface area contributed by atoms with Crippen molar-refractivity contribution >= 4 is 11.8 Å². The van der Waals surface area contributed by atoms with Crippen LogP contribution in [0.4, 0.5) is 0 Å². The third-order valence-electron chi connectivity index (χ3n) is 3.03. The molecule has 1 aliphatic heterocycles. The van der Waals surface area contributed by atoms with Crippen molar-refractivity contribution in [3.63, 3.8) is 0 Å². The lowest BCUT2D eigenvalue weighted by atomic mass is 10.2. The van der Waals surface area contributed by atoms with E-state index in [0.717, 1.165) is 12.4 Å². The number of hydrogen-bond acceptors (Lipinski definition) is 5. The van der Waals surface area contributed by atoms with Gasteiger partial charge >= 0.3 is 0 Å². The van der Waals surface area contributed by atoms with Crippen molar-refractivity contribution in [2.75, 3.05) is 12.8 Å². The van der Waals surface area contributed by atoms with Gasteiger partial charge in [-0.3, -0.25) is 0 Å². The van der Waals surface area contributed by atoms with Gasteiger partial charge in [-0.05, 0) is 43.0 Å². The summed E-state index contributed by atoms with van der Waals surface area (Å²) < 4.78 is 1.95. The molecule has 1 aliphatic rings. The van der Waals surface area contributed by atoms with E-state index in [1.807, 2.05) is 11.7 Å². The fourth-order valence-corrected chi connectivity index (χ4v) is 3.21. The highest BCUT2D eigenvalue weighted by atomic mass is 32.2. The van der Waals surface area contributed by atoms with Crippen LogP contribution in [0.2, 0.25) is 0 Å². The van der Waals surface area contributed by atoms with E-state index >= 15 is 0 Å². The lowest BCUT2D eigenvalue weighted by Gasteiger charge is -2.21. The van der Waals surface area contributed by atoms with E-state index in [1.165, 1.54) is 25.0 Å². The van der Waals surface area contributed by atoms with Crippen molar-refractivity contribution < 1.29 is 0 Å². The number of nitrogens with one attached hydrogen (secondary N) is 1. The zero-order valence-electron chi connectivity index (χ0n) is 9.89. The van der Waals surface area contributed by atoms with Gasteiger partial charge in [-0.1, -0.05) is 6.42 Å². The van der Waals surface area contributed by atoms with Crippen LogP contribution >= 0.6 is 11.8 Å². The molecule has 2 heterocycles. The Bertz CT molecular complexity index is 321. The molecule has 0 spiro atoms. The quantitative estimate of drug-likeness (QED) is 0.859. The van der Waals surface area contributed by atoms with Crippen LogP contribution in [-0.4, -0.2) is 38.3 Å². The highest BCUT2D eigenvalue weighted by Gasteiger charge is 2.19. The normalized spacial score (nSPS) is 23.2. The summed E-state index contributed by atoms with van der Waals surface area (Å²) in [6.07, 6.45) is 3.99. The number of thioether (sulfide) groups is 1. The van der Waals surface area contributed by atoms with Crippen molar-refractivity contribution in [3.8, 4) is 0 Å². The van der Waals surface area contributed by atoms with Crippen molar-refractivity contribution in [2.24, 2.45) is 0 Å². The zero-order chi connectivity index (χ0) is 11.4. The van der Waals surface area contributed by atoms with Crippen molar-refractivity contribution in [2.45, 2.75) is 44.0 Å². The first-order valence-electron chi connectivity index (χ1n) is 5.86. The molecule has 1 fully saturated rings. The predicted molar refractivity (Wildman–Crippen MR) is 65.4 cm³/mol. The van der Waals surface area contributed by atoms with Gasteiger partial charge in [-0.2, -0.15) is 11.8 Å². The Hall–Kier alpha value is -0.620. The molecule has 1 aromatic rings. The van der Waals surface area contributed by atoms with E-state index in [-0.39, 0.29) is 6.04 Å². The Morgan fingerprint density at radius 2 is 2.44 bits per heavy atom. The molecule has 6 heteroatoms. The van der Waals surface area contributed by atoms with E-state index in [1.54, 1.807) is 0 Å². The fraction of sp³-hybridized carbons (Fsp3) is 0.900. The van der Waals surface area contributed by atoms with Gasteiger partial charge in [0.05, 0.1) is 12.6 Å². The van der Waals surface area contributed by atoms with Crippen LogP contribution in [-0.2, 0) is 6.54 Å². The molecule has 2 rings (SSSR count). The fourth-order valence-electron chi connectivity index (χ4n) is 1.93. The first-order chi connectivity index (χ1) is 7.81. The van der Waals surface area contributed by atoms with Crippen LogP contribution in [0.25, 0.3) is 0 Å². The molecule has 2 atom stereocenters. The first kappa shape index (κ1) is 11.9. The second kappa shape index (κ2) is 5.63. The molecule has 90 valence electrons. The molecular formula is C10H19N5S. The largest absolute Gasteiger partial charge is 0.311 e. The molecule has 5 nitrogen and oxygen atoms in total. The van der Waals surface area contributed by atoms with Gasteiger partial charge in [-0.25, -0.2) is 4.68 Å². The minimum Gasteiger partial charge on any atom is -0.311 e. The molecule has 0 radical (unpaired) electrons. The van der Waals surface area contributed by atoms with Gasteiger partial charge < -0.3 is 5.32 Å². The Kier molecular flexibility index (Phi) is 4.17. The highest BCUT2D eigenvalue weighted by molar-refractivity contribution is 7.99. The van der Waals surface area contributed by atoms with Crippen molar-refractivity contribution in [3.05, 3.63) is 5.82 Å². The summed E-state index contributed by atoms with van der Waals surface area (Å²) in [4.78, 5) is 0. The molecule has 16 heavy (non-hydrogen) atoms. The Morgan fingerprint density at radius 3 is 3.12 bits per heavy atom. The molecule has 0 bridgehead atoms. The van der Waals surface area contributed by atoms with Crippen molar-refractivity contribution in [1.82, 2.24) is 25.5 Å². The molecule has 2 unspecified atom stereocenters. The summed E-state index contributed by atoms with van der Waals surface area (Å²) in [5.41, 5.74) is 0. The number of aromatic nitrogens is 4. The van der Waals surface area contributed by atoms with Gasteiger partial charge in [0.15, 0.2) is 5.82 Å². The highest BCUT2D eigenvalue weighted by Crippen LogP contribution is 2.26. The molecule has 1 aromatic heterocycles. The monoisotopic (exact) mass is 241 g/mol. The lowest BCUT2D eigenvalue weighted by molar-refractivity contribution is 0.484.